The summed E-state index contributed by atoms with van der Waals surface area (Å²) in [5.74, 6) is 0. The Labute approximate surface area is 398 Å². The van der Waals surface area contributed by atoms with Gasteiger partial charge < -0.3 is 8.80 Å². The predicted octanol–water partition coefficient (Wildman–Crippen LogP) is 17.3. The molecule has 13 aromatic rings. The van der Waals surface area contributed by atoms with Crippen molar-refractivity contribution in [2.75, 3.05) is 0 Å². The smallest absolute Gasteiger partial charge is 0.0634 e. The Bertz CT molecular complexity index is 3730. The van der Waals surface area contributed by atoms with Crippen LogP contribution in [0, 0.1) is 0 Å². The van der Waals surface area contributed by atoms with Crippen LogP contribution in [0.25, 0.3) is 76.2 Å². The summed E-state index contributed by atoms with van der Waals surface area (Å²) < 4.78 is 5.31. The van der Waals surface area contributed by atoms with Crippen LogP contribution in [0.1, 0.15) is 99.9 Å². The molecule has 0 spiro atoms. The Morgan fingerprint density at radius 2 is 0.485 bits per heavy atom. The van der Waals surface area contributed by atoms with E-state index < -0.39 is 0 Å². The third-order valence-corrected chi connectivity index (χ3v) is 16.2. The van der Waals surface area contributed by atoms with E-state index in [9.17, 15) is 0 Å². The van der Waals surface area contributed by atoms with Crippen LogP contribution < -0.4 is 0 Å². The first-order valence-electron chi connectivity index (χ1n) is 24.4. The normalized spacial score (nSPS) is 13.3. The van der Waals surface area contributed by atoms with E-state index in [0.29, 0.717) is 0 Å². The van der Waals surface area contributed by atoms with Crippen molar-refractivity contribution in [3.05, 3.63) is 239 Å². The van der Waals surface area contributed by atoms with Crippen molar-refractivity contribution in [2.45, 2.75) is 77.0 Å². The summed E-state index contributed by atoms with van der Waals surface area (Å²) in [6, 6.07) is 73.7. The van der Waals surface area contributed by atoms with Crippen LogP contribution >= 0.6 is 0 Å². The Kier molecular flexibility index (Phi) is 8.44. The molecule has 330 valence electrons. The van der Waals surface area contributed by atoms with Crippen molar-refractivity contribution in [3.8, 4) is 0 Å². The minimum atomic E-state index is -0.388. The van der Waals surface area contributed by atoms with E-state index in [2.05, 4.69) is 258 Å². The highest BCUT2D eigenvalue weighted by atomic mass is 14.9. The summed E-state index contributed by atoms with van der Waals surface area (Å²) in [6.07, 6.45) is 0. The molecule has 2 nitrogen and oxygen atoms in total. The van der Waals surface area contributed by atoms with Crippen molar-refractivity contribution in [1.29, 1.82) is 0 Å². The zero-order chi connectivity index (χ0) is 46.5. The summed E-state index contributed by atoms with van der Waals surface area (Å²) >= 11 is 0. The molecule has 13 rings (SSSR count). The average Bonchev–Trinajstić information content (AvgIpc) is 4.09. The van der Waals surface area contributed by atoms with Gasteiger partial charge in [0.1, 0.15) is 0 Å². The number of rotatable bonds is 6. The highest BCUT2D eigenvalue weighted by molar-refractivity contribution is 6.45. The summed E-state index contributed by atoms with van der Waals surface area (Å²) in [5, 5.41) is 10.6. The first-order valence-corrected chi connectivity index (χ1v) is 24.4. The maximum absolute atomic E-state index is 2.65. The number of fused-ring (bicyclic) bond motifs is 14. The molecule has 0 saturated carbocycles. The van der Waals surface area contributed by atoms with Crippen LogP contribution in [0.5, 0.6) is 0 Å². The van der Waals surface area contributed by atoms with Crippen LogP contribution in [0.15, 0.2) is 194 Å². The number of aromatic nitrogens is 2. The first kappa shape index (κ1) is 40.8. The predicted molar refractivity (Wildman–Crippen MR) is 290 cm³/mol. The second kappa shape index (κ2) is 14.1. The van der Waals surface area contributed by atoms with Gasteiger partial charge in [0, 0.05) is 53.9 Å². The maximum atomic E-state index is 2.65. The Morgan fingerprint density at radius 3 is 0.735 bits per heavy atom. The third-order valence-electron chi connectivity index (χ3n) is 16.2. The highest BCUT2D eigenvalue weighted by Crippen LogP contribution is 2.54. The molecular weight excluding hydrogens is 821 g/mol. The fourth-order valence-corrected chi connectivity index (χ4v) is 12.3. The summed E-state index contributed by atoms with van der Waals surface area (Å²) in [6.45, 7) is 18.8. The monoisotopic (exact) mass is 876 g/mol. The Balaban J connectivity index is 1.23. The molecule has 4 heterocycles. The summed E-state index contributed by atoms with van der Waals surface area (Å²) in [5.41, 5.74) is 17.2. The highest BCUT2D eigenvalue weighted by Gasteiger charge is 2.36. The maximum Gasteiger partial charge on any atom is 0.0634 e. The van der Waals surface area contributed by atoms with Gasteiger partial charge in [0.15, 0.2) is 0 Å². The Hall–Kier alpha value is -7.42. The molecule has 0 aliphatic rings. The molecule has 0 aliphatic carbocycles. The van der Waals surface area contributed by atoms with Crippen LogP contribution in [0.2, 0.25) is 0 Å². The molecule has 9 aromatic carbocycles. The van der Waals surface area contributed by atoms with Gasteiger partial charge >= 0.3 is 0 Å². The van der Waals surface area contributed by atoms with Gasteiger partial charge in [-0.15, -0.1) is 0 Å². The van der Waals surface area contributed by atoms with Gasteiger partial charge in [0.05, 0.1) is 33.1 Å². The summed E-state index contributed by atoms with van der Waals surface area (Å²) in [4.78, 5) is 0. The van der Waals surface area contributed by atoms with Gasteiger partial charge in [-0.1, -0.05) is 211 Å². The molecule has 0 aliphatic heterocycles. The molecule has 0 fully saturated rings. The lowest BCUT2D eigenvalue weighted by molar-refractivity contribution is 0.590. The SMILES string of the molecule is CC(C)(C)c1ccc2c3c4c5ccc(C(C)(c6ccccc6)c6ccccc6)cc5n5c6cc(C(C)(C)C)ccc6c(c6c7ccc(C(C)(c8ccccc8)c8ccccc8)cc7n(c2c1)c36)c45. The second-order valence-electron chi connectivity index (χ2n) is 22.0. The van der Waals surface area contributed by atoms with E-state index in [4.69, 9.17) is 0 Å². The quantitative estimate of drug-likeness (QED) is 0.147. The molecule has 0 unspecified atom stereocenters. The fourth-order valence-electron chi connectivity index (χ4n) is 12.3. The average molecular weight is 877 g/mol. The molecule has 0 N–H and O–H groups in total. The van der Waals surface area contributed by atoms with Gasteiger partial charge in [-0.25, -0.2) is 0 Å². The van der Waals surface area contributed by atoms with E-state index in [1.807, 2.05) is 0 Å². The number of hydrogen-bond acceptors (Lipinski definition) is 0. The zero-order valence-corrected chi connectivity index (χ0v) is 40.4. The lowest BCUT2D eigenvalue weighted by atomic mass is 9.71. The topological polar surface area (TPSA) is 8.82 Å². The van der Waals surface area contributed by atoms with E-state index in [-0.39, 0.29) is 21.7 Å². The van der Waals surface area contributed by atoms with Crippen LogP contribution in [-0.4, -0.2) is 8.80 Å². The molecule has 4 aromatic heterocycles. The van der Waals surface area contributed by atoms with E-state index in [1.54, 1.807) is 0 Å². The standard InChI is InChI=1S/C66H56N2/c1-63(2,3)45-29-33-49-53(37-45)67-55-39-47(65(7,41-21-13-9-14-22-41)42-23-15-10-16-24-42)31-35-51(55)60-58-50-34-30-46(64(4,5)6)38-54(50)68-56-40-48(32-36-52(56)59(62(58)68)57(49)61(60)67)66(8,43-25-17-11-18-26-43)44-27-19-12-20-28-44/h9-40H,1-8H3. The van der Waals surface area contributed by atoms with Crippen molar-refractivity contribution < 1.29 is 0 Å². The second-order valence-corrected chi connectivity index (χ2v) is 22.0. The molecule has 68 heavy (non-hydrogen) atoms. The fraction of sp³-hybridized carbons (Fsp3) is 0.182. The van der Waals surface area contributed by atoms with Crippen molar-refractivity contribution >= 4 is 76.2 Å². The lowest BCUT2D eigenvalue weighted by Gasteiger charge is -2.32. The van der Waals surface area contributed by atoms with Crippen LogP contribution in [0.4, 0.5) is 0 Å². The molecule has 0 radical (unpaired) electrons. The van der Waals surface area contributed by atoms with Gasteiger partial charge in [0.2, 0.25) is 0 Å². The summed E-state index contributed by atoms with van der Waals surface area (Å²) in [7, 11) is 0. The van der Waals surface area contributed by atoms with E-state index >= 15 is 0 Å². The van der Waals surface area contributed by atoms with Gasteiger partial charge in [-0.3, -0.25) is 0 Å². The minimum Gasteiger partial charge on any atom is -0.308 e. The van der Waals surface area contributed by atoms with E-state index in [1.165, 1.54) is 121 Å². The molecular formula is C66H56N2. The van der Waals surface area contributed by atoms with Gasteiger partial charge in [-0.05, 0) is 93.5 Å². The number of nitrogens with zero attached hydrogens (tertiary/aromatic N) is 2. The molecule has 0 saturated heterocycles. The van der Waals surface area contributed by atoms with Gasteiger partial charge in [-0.2, -0.15) is 0 Å². The minimum absolute atomic E-state index is 0.0254. The molecule has 0 amide bonds. The molecule has 0 bridgehead atoms. The van der Waals surface area contributed by atoms with Crippen molar-refractivity contribution in [1.82, 2.24) is 8.80 Å². The van der Waals surface area contributed by atoms with Crippen LogP contribution in [0.3, 0.4) is 0 Å². The lowest BCUT2D eigenvalue weighted by Crippen LogP contribution is -2.25. The molecule has 0 atom stereocenters. The first-order chi connectivity index (χ1) is 32.8. The Morgan fingerprint density at radius 1 is 0.250 bits per heavy atom. The van der Waals surface area contributed by atoms with E-state index in [0.717, 1.165) is 0 Å². The number of benzene rings is 9. The van der Waals surface area contributed by atoms with Crippen LogP contribution in [-0.2, 0) is 21.7 Å². The van der Waals surface area contributed by atoms with Crippen molar-refractivity contribution in [2.24, 2.45) is 0 Å². The zero-order valence-electron chi connectivity index (χ0n) is 40.4. The molecule has 2 heteroatoms. The number of hydrogen-bond donors (Lipinski definition) is 0. The van der Waals surface area contributed by atoms with Crippen molar-refractivity contribution in [3.63, 3.8) is 0 Å². The van der Waals surface area contributed by atoms with Gasteiger partial charge in [0.25, 0.3) is 0 Å². The largest absolute Gasteiger partial charge is 0.308 e. The third kappa shape index (κ3) is 5.46.